The minimum atomic E-state index is -4.75. The van der Waals surface area contributed by atoms with Crippen molar-refractivity contribution in [2.45, 2.75) is 12.6 Å². The minimum absolute atomic E-state index is 0.0202. The smallest absolute Gasteiger partial charge is 0.404 e. The van der Waals surface area contributed by atoms with Crippen molar-refractivity contribution in [1.29, 1.82) is 0 Å². The number of hydrogen-bond acceptors (Lipinski definition) is 3. The molecule has 0 spiro atoms. The lowest BCUT2D eigenvalue weighted by atomic mass is 10.1. The molecule has 1 aromatic carbocycles. The Bertz CT molecular complexity index is 785. The van der Waals surface area contributed by atoms with Gasteiger partial charge in [-0.2, -0.15) is 13.2 Å². The van der Waals surface area contributed by atoms with Gasteiger partial charge in [-0.3, -0.25) is 14.7 Å². The molecule has 3 N–H and O–H groups in total. The third-order valence-corrected chi connectivity index (χ3v) is 3.89. The van der Waals surface area contributed by atoms with Gasteiger partial charge >= 0.3 is 14.0 Å². The number of fused-ring (bicyclic) bond motifs is 1. The number of benzene rings is 1. The van der Waals surface area contributed by atoms with Gasteiger partial charge in [0.2, 0.25) is 0 Å². The molecule has 0 aliphatic carbocycles. The Labute approximate surface area is 142 Å². The molecule has 2 rings (SSSR count). The maximum absolute atomic E-state index is 12.6. The van der Waals surface area contributed by atoms with Crippen LogP contribution >= 0.6 is 7.82 Å². The van der Waals surface area contributed by atoms with E-state index in [1.54, 1.807) is 18.3 Å². The predicted molar refractivity (Wildman–Crippen MR) is 87.4 cm³/mol. The van der Waals surface area contributed by atoms with Crippen LogP contribution in [0.2, 0.25) is 0 Å². The molecule has 10 heteroatoms. The van der Waals surface area contributed by atoms with Crippen molar-refractivity contribution in [3.05, 3.63) is 42.6 Å². The van der Waals surface area contributed by atoms with Gasteiger partial charge in [-0.15, -0.1) is 6.58 Å². The Morgan fingerprint density at radius 2 is 2.08 bits per heavy atom. The number of nitrogens with zero attached hydrogens (tertiary/aromatic N) is 1. The van der Waals surface area contributed by atoms with Gasteiger partial charge in [0, 0.05) is 30.2 Å². The number of aromatic amines is 1. The van der Waals surface area contributed by atoms with E-state index in [9.17, 15) is 17.7 Å². The first-order valence-electron chi connectivity index (χ1n) is 7.33. The maximum Gasteiger partial charge on any atom is 0.524 e. The van der Waals surface area contributed by atoms with E-state index >= 15 is 0 Å². The SMILES string of the molecule is C=CCN(CCc1c[nH]c2cccc(OP(=O)(O)O)c12)CC(F)(F)F. The van der Waals surface area contributed by atoms with Crippen LogP contribution in [-0.2, 0) is 11.0 Å². The molecule has 138 valence electrons. The lowest BCUT2D eigenvalue weighted by Crippen LogP contribution is -2.35. The number of rotatable bonds is 8. The minimum Gasteiger partial charge on any atom is -0.404 e. The molecular formula is C15H18F3N2O4P. The van der Waals surface area contributed by atoms with Crippen molar-refractivity contribution in [3.63, 3.8) is 0 Å². The predicted octanol–water partition coefficient (Wildman–Crippen LogP) is 3.23. The topological polar surface area (TPSA) is 85.8 Å². The summed E-state index contributed by atoms with van der Waals surface area (Å²) < 4.78 is 53.6. The van der Waals surface area contributed by atoms with E-state index in [0.717, 1.165) is 0 Å². The van der Waals surface area contributed by atoms with Gasteiger partial charge in [-0.25, -0.2) is 4.57 Å². The molecule has 0 unspecified atom stereocenters. The average Bonchev–Trinajstić information content (AvgIpc) is 2.86. The molecule has 0 amide bonds. The number of alkyl halides is 3. The lowest BCUT2D eigenvalue weighted by Gasteiger charge is -2.22. The van der Waals surface area contributed by atoms with Crippen molar-refractivity contribution in [2.75, 3.05) is 19.6 Å². The normalized spacial score (nSPS) is 12.7. The zero-order valence-corrected chi connectivity index (χ0v) is 14.1. The van der Waals surface area contributed by atoms with Crippen molar-refractivity contribution in [3.8, 4) is 5.75 Å². The molecule has 6 nitrogen and oxygen atoms in total. The maximum atomic E-state index is 12.6. The van der Waals surface area contributed by atoms with Gasteiger partial charge in [-0.05, 0) is 24.1 Å². The number of H-pyrrole nitrogens is 1. The first-order chi connectivity index (χ1) is 11.6. The molecule has 2 aromatic rings. The summed E-state index contributed by atoms with van der Waals surface area (Å²) in [5.41, 5.74) is 1.18. The molecule has 0 atom stereocenters. The average molecular weight is 378 g/mol. The zero-order chi connectivity index (χ0) is 18.7. The van der Waals surface area contributed by atoms with Crippen LogP contribution < -0.4 is 4.52 Å². The Hall–Kier alpha value is -1.80. The van der Waals surface area contributed by atoms with E-state index in [0.29, 0.717) is 16.5 Å². The van der Waals surface area contributed by atoms with Gasteiger partial charge in [0.15, 0.2) is 0 Å². The molecular weight excluding hydrogens is 360 g/mol. The van der Waals surface area contributed by atoms with E-state index in [4.69, 9.17) is 9.79 Å². The summed E-state index contributed by atoms with van der Waals surface area (Å²) in [6.07, 6.45) is -1.09. The quantitative estimate of drug-likeness (QED) is 0.485. The van der Waals surface area contributed by atoms with Gasteiger partial charge in [0.1, 0.15) is 5.75 Å². The molecule has 0 bridgehead atoms. The molecule has 0 saturated heterocycles. The van der Waals surface area contributed by atoms with Crippen LogP contribution in [0.3, 0.4) is 0 Å². The molecule has 0 saturated carbocycles. The molecule has 0 aliphatic heterocycles. The lowest BCUT2D eigenvalue weighted by molar-refractivity contribution is -0.144. The largest absolute Gasteiger partial charge is 0.524 e. The van der Waals surface area contributed by atoms with Gasteiger partial charge < -0.3 is 9.51 Å². The summed E-state index contributed by atoms with van der Waals surface area (Å²) in [6.45, 7) is 2.57. The Morgan fingerprint density at radius 1 is 1.36 bits per heavy atom. The summed E-state index contributed by atoms with van der Waals surface area (Å²) in [5.74, 6) is -0.0202. The van der Waals surface area contributed by atoms with Crippen LogP contribution in [-0.4, -0.2) is 45.5 Å². The standard InChI is InChI=1S/C15H18F3N2O4P/c1-2-7-20(10-15(16,17)18)8-6-11-9-19-12-4-3-5-13(14(11)12)24-25(21,22)23/h2-5,9,19H,1,6-8,10H2,(H2,21,22,23). The molecule has 0 aliphatic rings. The van der Waals surface area contributed by atoms with Crippen LogP contribution in [0, 0.1) is 0 Å². The molecule has 25 heavy (non-hydrogen) atoms. The van der Waals surface area contributed by atoms with E-state index in [2.05, 4.69) is 16.1 Å². The Morgan fingerprint density at radius 3 is 2.68 bits per heavy atom. The highest BCUT2D eigenvalue weighted by molar-refractivity contribution is 7.46. The number of aromatic nitrogens is 1. The van der Waals surface area contributed by atoms with E-state index in [-0.39, 0.29) is 25.3 Å². The second-order valence-corrected chi connectivity index (χ2v) is 6.63. The molecule has 1 aromatic heterocycles. The third-order valence-electron chi connectivity index (χ3n) is 3.45. The first kappa shape index (κ1) is 19.5. The van der Waals surface area contributed by atoms with Crippen LogP contribution in [0.5, 0.6) is 5.75 Å². The fourth-order valence-corrected chi connectivity index (χ4v) is 2.98. The Balaban J connectivity index is 2.23. The van der Waals surface area contributed by atoms with E-state index < -0.39 is 20.5 Å². The second kappa shape index (κ2) is 7.61. The molecule has 1 heterocycles. The van der Waals surface area contributed by atoms with Crippen molar-refractivity contribution >= 4 is 18.7 Å². The molecule has 0 radical (unpaired) electrons. The van der Waals surface area contributed by atoms with Crippen molar-refractivity contribution in [2.24, 2.45) is 0 Å². The number of nitrogens with one attached hydrogen (secondary N) is 1. The summed E-state index contributed by atoms with van der Waals surface area (Å²) >= 11 is 0. The van der Waals surface area contributed by atoms with Crippen molar-refractivity contribution in [1.82, 2.24) is 9.88 Å². The summed E-state index contributed by atoms with van der Waals surface area (Å²) in [7, 11) is -4.75. The number of phosphoric ester groups is 1. The van der Waals surface area contributed by atoms with Gasteiger partial charge in [0.05, 0.1) is 6.54 Å². The zero-order valence-electron chi connectivity index (χ0n) is 13.2. The van der Waals surface area contributed by atoms with Gasteiger partial charge in [-0.1, -0.05) is 12.1 Å². The fraction of sp³-hybridized carbons (Fsp3) is 0.333. The summed E-state index contributed by atoms with van der Waals surface area (Å²) in [5, 5.41) is 0.441. The summed E-state index contributed by atoms with van der Waals surface area (Å²) in [4.78, 5) is 22.1. The van der Waals surface area contributed by atoms with Gasteiger partial charge in [0.25, 0.3) is 0 Å². The van der Waals surface area contributed by atoms with Crippen molar-refractivity contribution < 1.29 is 32.0 Å². The van der Waals surface area contributed by atoms with Crippen LogP contribution in [0.25, 0.3) is 10.9 Å². The number of hydrogen-bond donors (Lipinski definition) is 3. The van der Waals surface area contributed by atoms with E-state index in [1.807, 2.05) is 0 Å². The first-order valence-corrected chi connectivity index (χ1v) is 8.86. The monoisotopic (exact) mass is 378 g/mol. The highest BCUT2D eigenvalue weighted by Gasteiger charge is 2.30. The number of halogens is 3. The number of phosphoric acid groups is 1. The van der Waals surface area contributed by atoms with Crippen LogP contribution in [0.15, 0.2) is 37.1 Å². The van der Waals surface area contributed by atoms with Crippen LogP contribution in [0.1, 0.15) is 5.56 Å². The highest BCUT2D eigenvalue weighted by atomic mass is 31.2. The fourth-order valence-electron chi connectivity index (χ4n) is 2.57. The third kappa shape index (κ3) is 5.89. The summed E-state index contributed by atoms with van der Waals surface area (Å²) in [6, 6.07) is 4.64. The second-order valence-electron chi connectivity index (χ2n) is 5.46. The van der Waals surface area contributed by atoms with E-state index in [1.165, 1.54) is 17.0 Å². The highest BCUT2D eigenvalue weighted by Crippen LogP contribution is 2.41. The Kier molecular flexibility index (Phi) is 5.95. The van der Waals surface area contributed by atoms with Crippen LogP contribution in [0.4, 0.5) is 13.2 Å². The molecule has 0 fully saturated rings.